The summed E-state index contributed by atoms with van der Waals surface area (Å²) in [5.74, 6) is 0.373. The number of amides is 1. The van der Waals surface area contributed by atoms with Gasteiger partial charge in [0.1, 0.15) is 4.90 Å². The van der Waals surface area contributed by atoms with Crippen molar-refractivity contribution in [2.24, 2.45) is 0 Å². The standard InChI is InChI=1S/C20H21N5O3S2/c1-14-10-17(13-29-14)20(26)24-6-8-25(9-7-24)30(27,28)18-12-22-19(23-15(18)2)16-4-3-5-21-11-16/h3-5,10-13H,6-9H2,1-2H3. The molecule has 0 saturated carbocycles. The fourth-order valence-corrected chi connectivity index (χ4v) is 5.56. The van der Waals surface area contributed by atoms with Crippen LogP contribution in [0.1, 0.15) is 20.9 Å². The lowest BCUT2D eigenvalue weighted by Crippen LogP contribution is -2.50. The van der Waals surface area contributed by atoms with Crippen LogP contribution in [0.25, 0.3) is 11.4 Å². The highest BCUT2D eigenvalue weighted by atomic mass is 32.2. The molecule has 3 aromatic heterocycles. The Hall–Kier alpha value is -2.69. The topological polar surface area (TPSA) is 96.4 Å². The van der Waals surface area contributed by atoms with Crippen LogP contribution in [0.5, 0.6) is 0 Å². The number of hydrogen-bond donors (Lipinski definition) is 0. The van der Waals surface area contributed by atoms with Gasteiger partial charge in [0, 0.05) is 54.4 Å². The number of sulfonamides is 1. The lowest BCUT2D eigenvalue weighted by Gasteiger charge is -2.34. The van der Waals surface area contributed by atoms with E-state index >= 15 is 0 Å². The molecule has 0 radical (unpaired) electrons. The van der Waals surface area contributed by atoms with Gasteiger partial charge in [-0.1, -0.05) is 0 Å². The third kappa shape index (κ3) is 3.98. The number of hydrogen-bond acceptors (Lipinski definition) is 7. The summed E-state index contributed by atoms with van der Waals surface area (Å²) in [6.07, 6.45) is 4.64. The molecule has 0 unspecified atom stereocenters. The highest BCUT2D eigenvalue weighted by molar-refractivity contribution is 7.89. The quantitative estimate of drug-likeness (QED) is 0.614. The van der Waals surface area contributed by atoms with E-state index in [9.17, 15) is 13.2 Å². The molecular formula is C20H21N5O3S2. The fourth-order valence-electron chi connectivity index (χ4n) is 3.35. The summed E-state index contributed by atoms with van der Waals surface area (Å²) in [4.78, 5) is 28.1. The normalized spacial score (nSPS) is 15.3. The zero-order chi connectivity index (χ0) is 21.3. The van der Waals surface area contributed by atoms with Gasteiger partial charge in [0.25, 0.3) is 5.91 Å². The molecule has 30 heavy (non-hydrogen) atoms. The Morgan fingerprint density at radius 2 is 1.90 bits per heavy atom. The van der Waals surface area contributed by atoms with Crippen LogP contribution in [-0.4, -0.2) is 64.7 Å². The summed E-state index contributed by atoms with van der Waals surface area (Å²) in [5.41, 5.74) is 1.76. The van der Waals surface area contributed by atoms with Crippen molar-refractivity contribution in [2.45, 2.75) is 18.7 Å². The number of aryl methyl sites for hydroxylation is 2. The fraction of sp³-hybridized carbons (Fsp3) is 0.300. The van der Waals surface area contributed by atoms with Gasteiger partial charge in [0.2, 0.25) is 10.0 Å². The first kappa shape index (κ1) is 20.6. The Morgan fingerprint density at radius 3 is 2.50 bits per heavy atom. The van der Waals surface area contributed by atoms with E-state index in [-0.39, 0.29) is 23.9 Å². The lowest BCUT2D eigenvalue weighted by atomic mass is 10.2. The number of rotatable bonds is 4. The molecule has 1 saturated heterocycles. The van der Waals surface area contributed by atoms with E-state index in [1.165, 1.54) is 21.8 Å². The molecule has 0 atom stereocenters. The van der Waals surface area contributed by atoms with Gasteiger partial charge in [0.15, 0.2) is 5.82 Å². The minimum Gasteiger partial charge on any atom is -0.336 e. The molecule has 1 aliphatic rings. The third-order valence-corrected chi connectivity index (χ3v) is 7.84. The first-order chi connectivity index (χ1) is 14.4. The molecule has 3 aromatic rings. The maximum Gasteiger partial charge on any atom is 0.254 e. The molecule has 4 rings (SSSR count). The van der Waals surface area contributed by atoms with E-state index in [1.807, 2.05) is 24.4 Å². The van der Waals surface area contributed by atoms with Crippen molar-refractivity contribution in [3.05, 3.63) is 58.3 Å². The smallest absolute Gasteiger partial charge is 0.254 e. The summed E-state index contributed by atoms with van der Waals surface area (Å²) in [5, 5.41) is 1.84. The largest absolute Gasteiger partial charge is 0.336 e. The molecule has 10 heteroatoms. The van der Waals surface area contributed by atoms with Crippen molar-refractivity contribution < 1.29 is 13.2 Å². The first-order valence-electron chi connectivity index (χ1n) is 9.45. The van der Waals surface area contributed by atoms with Crippen LogP contribution in [0.15, 0.2) is 47.1 Å². The summed E-state index contributed by atoms with van der Waals surface area (Å²) in [6, 6.07) is 5.46. The Balaban J connectivity index is 1.49. The maximum atomic E-state index is 13.1. The minimum atomic E-state index is -3.74. The van der Waals surface area contributed by atoms with Gasteiger partial charge in [-0.05, 0) is 32.0 Å². The van der Waals surface area contributed by atoms with Gasteiger partial charge in [-0.25, -0.2) is 18.4 Å². The molecule has 0 aromatic carbocycles. The highest BCUT2D eigenvalue weighted by Crippen LogP contribution is 2.23. The Kier molecular flexibility index (Phi) is 5.63. The summed E-state index contributed by atoms with van der Waals surface area (Å²) in [7, 11) is -3.74. The van der Waals surface area contributed by atoms with Crippen LogP contribution in [0.4, 0.5) is 0 Å². The zero-order valence-corrected chi connectivity index (χ0v) is 18.3. The van der Waals surface area contributed by atoms with Gasteiger partial charge in [0.05, 0.1) is 17.5 Å². The van der Waals surface area contributed by atoms with Gasteiger partial charge in [-0.15, -0.1) is 11.3 Å². The van der Waals surface area contributed by atoms with Crippen molar-refractivity contribution in [1.29, 1.82) is 0 Å². The average Bonchev–Trinajstić information content (AvgIpc) is 3.20. The van der Waals surface area contributed by atoms with E-state index < -0.39 is 10.0 Å². The van der Waals surface area contributed by atoms with E-state index in [1.54, 1.807) is 30.3 Å². The zero-order valence-electron chi connectivity index (χ0n) is 16.6. The predicted octanol–water partition coefficient (Wildman–Crippen LogP) is 2.36. The number of carbonyl (C=O) groups is 1. The Bertz CT molecular complexity index is 1170. The van der Waals surface area contributed by atoms with E-state index in [0.29, 0.717) is 30.2 Å². The number of pyridine rings is 1. The monoisotopic (exact) mass is 443 g/mol. The van der Waals surface area contributed by atoms with E-state index in [4.69, 9.17) is 0 Å². The summed E-state index contributed by atoms with van der Waals surface area (Å²) >= 11 is 1.53. The van der Waals surface area contributed by atoms with Crippen molar-refractivity contribution >= 4 is 27.3 Å². The van der Waals surface area contributed by atoms with E-state index in [0.717, 1.165) is 10.4 Å². The average molecular weight is 444 g/mol. The number of aromatic nitrogens is 3. The van der Waals surface area contributed by atoms with Crippen molar-refractivity contribution in [3.8, 4) is 11.4 Å². The first-order valence-corrected chi connectivity index (χ1v) is 11.8. The summed E-state index contributed by atoms with van der Waals surface area (Å²) < 4.78 is 27.7. The highest BCUT2D eigenvalue weighted by Gasteiger charge is 2.32. The molecule has 156 valence electrons. The predicted molar refractivity (Wildman–Crippen MR) is 114 cm³/mol. The Morgan fingerprint density at radius 1 is 1.13 bits per heavy atom. The summed E-state index contributed by atoms with van der Waals surface area (Å²) in [6.45, 7) is 4.78. The Labute approximate surface area is 179 Å². The SMILES string of the molecule is Cc1cc(C(=O)N2CCN(S(=O)(=O)c3cnc(-c4cccnc4)nc3C)CC2)cs1. The molecule has 1 aliphatic heterocycles. The van der Waals surface area contributed by atoms with Crippen LogP contribution in [0.3, 0.4) is 0 Å². The molecular weight excluding hydrogens is 422 g/mol. The minimum absolute atomic E-state index is 0.0586. The van der Waals surface area contributed by atoms with Crippen molar-refractivity contribution in [1.82, 2.24) is 24.2 Å². The second-order valence-electron chi connectivity index (χ2n) is 7.03. The van der Waals surface area contributed by atoms with Gasteiger partial charge >= 0.3 is 0 Å². The second kappa shape index (κ2) is 8.21. The van der Waals surface area contributed by atoms with Gasteiger partial charge in [-0.2, -0.15) is 4.31 Å². The van der Waals surface area contributed by atoms with Gasteiger partial charge in [-0.3, -0.25) is 9.78 Å². The number of carbonyl (C=O) groups excluding carboxylic acids is 1. The molecule has 0 bridgehead atoms. The lowest BCUT2D eigenvalue weighted by molar-refractivity contribution is 0.0698. The van der Waals surface area contributed by atoms with Crippen LogP contribution >= 0.6 is 11.3 Å². The van der Waals surface area contributed by atoms with Crippen LogP contribution in [0.2, 0.25) is 0 Å². The van der Waals surface area contributed by atoms with E-state index in [2.05, 4.69) is 15.0 Å². The van der Waals surface area contributed by atoms with Crippen molar-refractivity contribution in [2.75, 3.05) is 26.2 Å². The second-order valence-corrected chi connectivity index (χ2v) is 10.0. The van der Waals surface area contributed by atoms with Gasteiger partial charge < -0.3 is 4.90 Å². The molecule has 0 aliphatic carbocycles. The molecule has 8 nitrogen and oxygen atoms in total. The van der Waals surface area contributed by atoms with Crippen LogP contribution < -0.4 is 0 Å². The number of thiophene rings is 1. The number of piperazine rings is 1. The number of nitrogens with zero attached hydrogens (tertiary/aromatic N) is 5. The molecule has 4 heterocycles. The van der Waals surface area contributed by atoms with Crippen LogP contribution in [0, 0.1) is 13.8 Å². The third-order valence-electron chi connectivity index (χ3n) is 4.98. The molecule has 0 spiro atoms. The molecule has 0 N–H and O–H groups in total. The van der Waals surface area contributed by atoms with Crippen molar-refractivity contribution in [3.63, 3.8) is 0 Å². The van der Waals surface area contributed by atoms with Crippen LogP contribution in [-0.2, 0) is 10.0 Å². The molecule has 1 amide bonds. The molecule has 1 fully saturated rings. The maximum absolute atomic E-state index is 13.1.